The number of aliphatic hydroxyl groups is 1. The van der Waals surface area contributed by atoms with Crippen LogP contribution in [0.5, 0.6) is 0 Å². The van der Waals surface area contributed by atoms with Crippen molar-refractivity contribution >= 4 is 12.1 Å². The number of carbonyl (C=O) groups is 2. The fraction of sp³-hybridized carbons (Fsp3) is 0.529. The van der Waals surface area contributed by atoms with Crippen molar-refractivity contribution in [2.45, 2.75) is 20.0 Å². The number of hydrogen-bond acceptors (Lipinski definition) is 5. The number of piperidine rings is 1. The lowest BCUT2D eigenvalue weighted by Crippen LogP contribution is -2.46. The monoisotopic (exact) mass is 321 g/mol. The van der Waals surface area contributed by atoms with Gasteiger partial charge < -0.3 is 19.5 Å². The predicted molar refractivity (Wildman–Crippen MR) is 83.5 cm³/mol. The van der Waals surface area contributed by atoms with E-state index in [9.17, 15) is 14.7 Å². The number of aliphatic hydroxyl groups excluding tert-OH is 1. The van der Waals surface area contributed by atoms with Crippen molar-refractivity contribution in [3.05, 3.63) is 35.9 Å². The Kier molecular flexibility index (Phi) is 6.40. The van der Waals surface area contributed by atoms with Crippen LogP contribution in [0.3, 0.4) is 0 Å². The number of benzene rings is 1. The number of hydrogen-bond donors (Lipinski definition) is 1. The molecule has 1 aliphatic heterocycles. The molecule has 0 saturated carbocycles. The van der Waals surface area contributed by atoms with Crippen molar-refractivity contribution in [3.8, 4) is 0 Å². The highest BCUT2D eigenvalue weighted by atomic mass is 16.6. The van der Waals surface area contributed by atoms with Gasteiger partial charge in [-0.25, -0.2) is 4.79 Å². The van der Waals surface area contributed by atoms with Gasteiger partial charge in [0.05, 0.1) is 6.61 Å². The van der Waals surface area contributed by atoms with Gasteiger partial charge in [0.25, 0.3) is 0 Å². The van der Waals surface area contributed by atoms with E-state index in [0.717, 1.165) is 12.0 Å². The Hall–Kier alpha value is -2.08. The van der Waals surface area contributed by atoms with E-state index in [1.54, 1.807) is 4.90 Å². The van der Waals surface area contributed by atoms with Crippen molar-refractivity contribution in [1.82, 2.24) is 4.90 Å². The van der Waals surface area contributed by atoms with Gasteiger partial charge in [0.2, 0.25) is 0 Å². The molecule has 0 aliphatic carbocycles. The molecule has 2 atom stereocenters. The van der Waals surface area contributed by atoms with Crippen LogP contribution in [-0.2, 0) is 20.9 Å². The zero-order chi connectivity index (χ0) is 16.7. The summed E-state index contributed by atoms with van der Waals surface area (Å²) in [5, 5.41) is 9.41. The van der Waals surface area contributed by atoms with Gasteiger partial charge >= 0.3 is 12.1 Å². The van der Waals surface area contributed by atoms with E-state index in [-0.39, 0.29) is 37.6 Å². The molecule has 0 bridgehead atoms. The van der Waals surface area contributed by atoms with Crippen molar-refractivity contribution < 1.29 is 24.2 Å². The normalized spacial score (nSPS) is 20.9. The first-order chi connectivity index (χ1) is 11.1. The lowest BCUT2D eigenvalue weighted by Gasteiger charge is -2.36. The Morgan fingerprint density at radius 2 is 1.87 bits per heavy atom. The Morgan fingerprint density at radius 1 is 1.17 bits per heavy atom. The number of likely N-dealkylation sites (tertiary alicyclic amines) is 1. The van der Waals surface area contributed by atoms with Gasteiger partial charge in [-0.1, -0.05) is 30.3 Å². The minimum atomic E-state index is -0.403. The highest BCUT2D eigenvalue weighted by molar-refractivity contribution is 5.68. The van der Waals surface area contributed by atoms with Gasteiger partial charge in [-0.3, -0.25) is 4.79 Å². The van der Waals surface area contributed by atoms with E-state index in [2.05, 4.69) is 0 Å². The number of carbonyl (C=O) groups excluding carboxylic acids is 2. The van der Waals surface area contributed by atoms with Crippen molar-refractivity contribution in [2.24, 2.45) is 11.8 Å². The molecule has 0 spiro atoms. The van der Waals surface area contributed by atoms with E-state index < -0.39 is 6.09 Å². The summed E-state index contributed by atoms with van der Waals surface area (Å²) >= 11 is 0. The highest BCUT2D eigenvalue weighted by Crippen LogP contribution is 2.23. The molecule has 0 radical (unpaired) electrons. The topological polar surface area (TPSA) is 76.1 Å². The zero-order valence-corrected chi connectivity index (χ0v) is 13.3. The highest BCUT2D eigenvalue weighted by Gasteiger charge is 2.31. The van der Waals surface area contributed by atoms with Crippen LogP contribution in [0.25, 0.3) is 0 Å². The Balaban J connectivity index is 1.88. The predicted octanol–water partition coefficient (Wildman–Crippen LogP) is 1.82. The molecular formula is C17H23NO5. The lowest BCUT2D eigenvalue weighted by molar-refractivity contribution is -0.143. The van der Waals surface area contributed by atoms with Gasteiger partial charge in [-0.2, -0.15) is 0 Å². The molecule has 6 heteroatoms. The summed E-state index contributed by atoms with van der Waals surface area (Å²) in [6.45, 7) is 2.76. The molecule has 6 nitrogen and oxygen atoms in total. The van der Waals surface area contributed by atoms with E-state index >= 15 is 0 Å². The second-order valence-corrected chi connectivity index (χ2v) is 5.90. The first-order valence-corrected chi connectivity index (χ1v) is 7.78. The molecule has 1 N–H and O–H groups in total. The largest absolute Gasteiger partial charge is 0.466 e. The van der Waals surface area contributed by atoms with Gasteiger partial charge in [0, 0.05) is 38.5 Å². The molecule has 1 saturated heterocycles. The summed E-state index contributed by atoms with van der Waals surface area (Å²) in [5.74, 6) is -0.336. The quantitative estimate of drug-likeness (QED) is 0.837. The number of amides is 1. The van der Waals surface area contributed by atoms with Crippen LogP contribution in [-0.4, -0.2) is 48.4 Å². The summed E-state index contributed by atoms with van der Waals surface area (Å²) < 4.78 is 10.4. The third kappa shape index (κ3) is 5.56. The van der Waals surface area contributed by atoms with Crippen LogP contribution in [0.4, 0.5) is 4.79 Å². The maximum absolute atomic E-state index is 12.2. The molecule has 23 heavy (non-hydrogen) atoms. The number of ether oxygens (including phenoxy) is 2. The molecule has 126 valence electrons. The minimum Gasteiger partial charge on any atom is -0.466 e. The first-order valence-electron chi connectivity index (χ1n) is 7.78. The van der Waals surface area contributed by atoms with Gasteiger partial charge in [0.15, 0.2) is 0 Å². The molecule has 1 aromatic rings. The lowest BCUT2D eigenvalue weighted by atomic mass is 9.90. The number of nitrogens with zero attached hydrogens (tertiary/aromatic N) is 1. The number of rotatable bonds is 5. The molecule has 1 heterocycles. The fourth-order valence-corrected chi connectivity index (χ4v) is 2.77. The summed E-state index contributed by atoms with van der Waals surface area (Å²) in [5.41, 5.74) is 0.924. The smallest absolute Gasteiger partial charge is 0.410 e. The summed E-state index contributed by atoms with van der Waals surface area (Å²) in [6, 6.07) is 9.47. The minimum absolute atomic E-state index is 0.000956. The second kappa shape index (κ2) is 8.53. The van der Waals surface area contributed by atoms with Crippen molar-refractivity contribution in [1.29, 1.82) is 0 Å². The van der Waals surface area contributed by atoms with E-state index in [1.807, 2.05) is 30.3 Å². The van der Waals surface area contributed by atoms with Crippen LogP contribution in [0, 0.1) is 11.8 Å². The first kappa shape index (κ1) is 17.3. The van der Waals surface area contributed by atoms with E-state index in [0.29, 0.717) is 13.1 Å². The average molecular weight is 321 g/mol. The molecule has 1 fully saturated rings. The molecule has 0 unspecified atom stereocenters. The molecule has 1 amide bonds. The Labute approximate surface area is 136 Å². The summed E-state index contributed by atoms with van der Waals surface area (Å²) in [4.78, 5) is 24.8. The second-order valence-electron chi connectivity index (χ2n) is 5.90. The van der Waals surface area contributed by atoms with Crippen LogP contribution in [0.2, 0.25) is 0 Å². The zero-order valence-electron chi connectivity index (χ0n) is 13.3. The van der Waals surface area contributed by atoms with E-state index in [4.69, 9.17) is 9.47 Å². The summed E-state index contributed by atoms with van der Waals surface area (Å²) in [6.07, 6.45) is 0.325. The SMILES string of the molecule is CC(=O)OC[C@@H]1C[C@H](CO)CN(C(=O)OCc2ccccc2)C1. The van der Waals surface area contributed by atoms with Crippen molar-refractivity contribution in [3.63, 3.8) is 0 Å². The van der Waals surface area contributed by atoms with Crippen LogP contribution >= 0.6 is 0 Å². The molecule has 1 aliphatic rings. The Morgan fingerprint density at radius 3 is 2.52 bits per heavy atom. The van der Waals surface area contributed by atoms with Crippen molar-refractivity contribution in [2.75, 3.05) is 26.3 Å². The van der Waals surface area contributed by atoms with Crippen LogP contribution in [0.1, 0.15) is 18.9 Å². The third-order valence-corrected chi connectivity index (χ3v) is 3.87. The van der Waals surface area contributed by atoms with Crippen LogP contribution in [0.15, 0.2) is 30.3 Å². The van der Waals surface area contributed by atoms with Gasteiger partial charge in [0.1, 0.15) is 6.61 Å². The maximum atomic E-state index is 12.2. The van der Waals surface area contributed by atoms with Gasteiger partial charge in [-0.15, -0.1) is 0 Å². The third-order valence-electron chi connectivity index (χ3n) is 3.87. The standard InChI is InChI=1S/C17H23NO5/c1-13(20)22-12-16-7-15(10-19)8-18(9-16)17(21)23-11-14-5-3-2-4-6-14/h2-6,15-16,19H,7-12H2,1H3/t15-,16+/m0/s1. The molecular weight excluding hydrogens is 298 g/mol. The number of esters is 1. The average Bonchev–Trinajstić information content (AvgIpc) is 2.58. The molecule has 2 rings (SSSR count). The molecule has 0 aromatic heterocycles. The van der Waals surface area contributed by atoms with E-state index in [1.165, 1.54) is 6.92 Å². The fourth-order valence-electron chi connectivity index (χ4n) is 2.77. The Bertz CT molecular complexity index is 519. The maximum Gasteiger partial charge on any atom is 0.410 e. The summed E-state index contributed by atoms with van der Waals surface area (Å²) in [7, 11) is 0. The molecule has 1 aromatic carbocycles. The van der Waals surface area contributed by atoms with Crippen LogP contribution < -0.4 is 0 Å². The van der Waals surface area contributed by atoms with Gasteiger partial charge in [-0.05, 0) is 12.0 Å².